The van der Waals surface area contributed by atoms with Crippen LogP contribution in [0.2, 0.25) is 10.0 Å². The summed E-state index contributed by atoms with van der Waals surface area (Å²) in [4.78, 5) is 8.45. The second-order valence-corrected chi connectivity index (χ2v) is 5.05. The van der Waals surface area contributed by atoms with E-state index in [0.717, 1.165) is 6.42 Å². The molecule has 0 bridgehead atoms. The SMILES string of the molecule is CCc1nc(Br)cc(Oc2cccc(Cl)c2Cl)n1. The molecule has 6 heteroatoms. The average molecular weight is 348 g/mol. The van der Waals surface area contributed by atoms with Gasteiger partial charge in [0.15, 0.2) is 0 Å². The van der Waals surface area contributed by atoms with Gasteiger partial charge in [-0.25, -0.2) is 4.98 Å². The number of rotatable bonds is 3. The molecule has 0 fully saturated rings. The van der Waals surface area contributed by atoms with Crippen LogP contribution in [-0.2, 0) is 6.42 Å². The number of aromatic nitrogens is 2. The molecule has 0 saturated carbocycles. The van der Waals surface area contributed by atoms with Crippen LogP contribution in [0.5, 0.6) is 11.6 Å². The summed E-state index contributed by atoms with van der Waals surface area (Å²) < 4.78 is 6.28. The predicted octanol–water partition coefficient (Wildman–Crippen LogP) is 4.90. The second kappa shape index (κ2) is 5.87. The number of ether oxygens (including phenoxy) is 1. The first-order chi connectivity index (χ1) is 8.60. The Morgan fingerprint density at radius 1 is 1.28 bits per heavy atom. The number of hydrogen-bond donors (Lipinski definition) is 0. The van der Waals surface area contributed by atoms with Gasteiger partial charge in [-0.3, -0.25) is 0 Å². The van der Waals surface area contributed by atoms with Crippen LogP contribution in [-0.4, -0.2) is 9.97 Å². The predicted molar refractivity (Wildman–Crippen MR) is 75.6 cm³/mol. The van der Waals surface area contributed by atoms with Gasteiger partial charge < -0.3 is 4.74 Å². The maximum atomic E-state index is 6.04. The molecule has 0 N–H and O–H groups in total. The van der Waals surface area contributed by atoms with E-state index < -0.39 is 0 Å². The fourth-order valence-corrected chi connectivity index (χ4v) is 2.06. The van der Waals surface area contributed by atoms with E-state index in [-0.39, 0.29) is 0 Å². The Morgan fingerprint density at radius 2 is 2.06 bits per heavy atom. The topological polar surface area (TPSA) is 35.0 Å². The molecule has 1 heterocycles. The molecule has 0 spiro atoms. The summed E-state index contributed by atoms with van der Waals surface area (Å²) in [5.41, 5.74) is 0. The molecular weight excluding hydrogens is 339 g/mol. The van der Waals surface area contributed by atoms with Crippen LogP contribution in [0.4, 0.5) is 0 Å². The first-order valence-corrected chi connectivity index (χ1v) is 6.80. The Balaban J connectivity index is 2.34. The van der Waals surface area contributed by atoms with Crippen molar-refractivity contribution >= 4 is 39.1 Å². The highest BCUT2D eigenvalue weighted by Crippen LogP contribution is 2.34. The highest BCUT2D eigenvalue weighted by molar-refractivity contribution is 9.10. The zero-order chi connectivity index (χ0) is 13.1. The number of nitrogens with zero attached hydrogens (tertiary/aromatic N) is 2. The summed E-state index contributed by atoms with van der Waals surface area (Å²) in [6.45, 7) is 1.97. The smallest absolute Gasteiger partial charge is 0.223 e. The van der Waals surface area contributed by atoms with E-state index in [2.05, 4.69) is 25.9 Å². The molecule has 0 amide bonds. The van der Waals surface area contributed by atoms with E-state index in [0.29, 0.717) is 32.1 Å². The van der Waals surface area contributed by atoms with Crippen molar-refractivity contribution in [3.05, 3.63) is 44.7 Å². The maximum absolute atomic E-state index is 6.04. The highest BCUT2D eigenvalue weighted by Gasteiger charge is 2.09. The third-order valence-electron chi connectivity index (χ3n) is 2.16. The molecule has 0 aliphatic heterocycles. The molecule has 94 valence electrons. The second-order valence-electron chi connectivity index (χ2n) is 3.45. The van der Waals surface area contributed by atoms with Crippen molar-refractivity contribution in [3.8, 4) is 11.6 Å². The molecule has 0 atom stereocenters. The fraction of sp³-hybridized carbons (Fsp3) is 0.167. The van der Waals surface area contributed by atoms with E-state index in [1.807, 2.05) is 6.92 Å². The number of aryl methyl sites for hydroxylation is 1. The summed E-state index contributed by atoms with van der Waals surface area (Å²) in [5, 5.41) is 0.810. The standard InChI is InChI=1S/C12H9BrCl2N2O/c1-2-10-16-9(13)6-11(17-10)18-8-5-3-4-7(14)12(8)15/h3-6H,2H2,1H3. The Morgan fingerprint density at radius 3 is 2.78 bits per heavy atom. The van der Waals surface area contributed by atoms with E-state index in [9.17, 15) is 0 Å². The van der Waals surface area contributed by atoms with Gasteiger partial charge in [0.25, 0.3) is 0 Å². The van der Waals surface area contributed by atoms with Crippen LogP contribution >= 0.6 is 39.1 Å². The van der Waals surface area contributed by atoms with Crippen LogP contribution in [0.25, 0.3) is 0 Å². The summed E-state index contributed by atoms with van der Waals surface area (Å²) in [5.74, 6) is 1.59. The summed E-state index contributed by atoms with van der Waals surface area (Å²) in [6.07, 6.45) is 0.721. The van der Waals surface area contributed by atoms with E-state index in [4.69, 9.17) is 27.9 Å². The van der Waals surface area contributed by atoms with Gasteiger partial charge in [0.2, 0.25) is 5.88 Å². The van der Waals surface area contributed by atoms with E-state index in [1.54, 1.807) is 24.3 Å². The zero-order valence-electron chi connectivity index (χ0n) is 9.45. The molecule has 1 aromatic carbocycles. The highest BCUT2D eigenvalue weighted by atomic mass is 79.9. The van der Waals surface area contributed by atoms with Crippen molar-refractivity contribution in [3.63, 3.8) is 0 Å². The van der Waals surface area contributed by atoms with Crippen molar-refractivity contribution in [2.75, 3.05) is 0 Å². The van der Waals surface area contributed by atoms with Gasteiger partial charge in [-0.1, -0.05) is 36.2 Å². The largest absolute Gasteiger partial charge is 0.437 e. The minimum atomic E-state index is 0.368. The Kier molecular flexibility index (Phi) is 4.43. The van der Waals surface area contributed by atoms with Gasteiger partial charge >= 0.3 is 0 Å². The van der Waals surface area contributed by atoms with Crippen LogP contribution in [0.15, 0.2) is 28.9 Å². The summed E-state index contributed by atoms with van der Waals surface area (Å²) >= 11 is 15.3. The minimum Gasteiger partial charge on any atom is -0.437 e. The lowest BCUT2D eigenvalue weighted by molar-refractivity contribution is 0.458. The lowest BCUT2D eigenvalue weighted by atomic mass is 10.3. The Hall–Kier alpha value is -0.840. The van der Waals surface area contributed by atoms with Crippen molar-refractivity contribution in [1.82, 2.24) is 9.97 Å². The normalized spacial score (nSPS) is 10.4. The van der Waals surface area contributed by atoms with Crippen molar-refractivity contribution < 1.29 is 4.74 Å². The number of hydrogen-bond acceptors (Lipinski definition) is 3. The lowest BCUT2D eigenvalue weighted by Crippen LogP contribution is -1.96. The van der Waals surface area contributed by atoms with Gasteiger partial charge in [-0.2, -0.15) is 4.98 Å². The van der Waals surface area contributed by atoms with Crippen molar-refractivity contribution in [2.45, 2.75) is 13.3 Å². The maximum Gasteiger partial charge on any atom is 0.223 e. The molecule has 2 aromatic rings. The van der Waals surface area contributed by atoms with E-state index in [1.165, 1.54) is 0 Å². The van der Waals surface area contributed by atoms with Crippen LogP contribution in [0, 0.1) is 0 Å². The van der Waals surface area contributed by atoms with Crippen LogP contribution in [0.1, 0.15) is 12.7 Å². The molecule has 0 unspecified atom stereocenters. The Bertz CT molecular complexity index is 578. The summed E-state index contributed by atoms with van der Waals surface area (Å²) in [7, 11) is 0. The monoisotopic (exact) mass is 346 g/mol. The third-order valence-corrected chi connectivity index (χ3v) is 3.37. The lowest BCUT2D eigenvalue weighted by Gasteiger charge is -2.08. The van der Waals surface area contributed by atoms with Crippen molar-refractivity contribution in [2.24, 2.45) is 0 Å². The quantitative estimate of drug-likeness (QED) is 0.740. The van der Waals surface area contributed by atoms with Crippen molar-refractivity contribution in [1.29, 1.82) is 0 Å². The molecule has 0 aliphatic carbocycles. The molecule has 18 heavy (non-hydrogen) atoms. The molecule has 0 radical (unpaired) electrons. The van der Waals surface area contributed by atoms with Gasteiger partial charge in [0, 0.05) is 12.5 Å². The first kappa shape index (κ1) is 13.6. The third kappa shape index (κ3) is 3.13. The number of halogens is 3. The molecular formula is C12H9BrCl2N2O. The van der Waals surface area contributed by atoms with Gasteiger partial charge in [-0.15, -0.1) is 0 Å². The van der Waals surface area contributed by atoms with Gasteiger partial charge in [-0.05, 0) is 28.1 Å². The van der Waals surface area contributed by atoms with Crippen LogP contribution in [0.3, 0.4) is 0 Å². The number of benzene rings is 1. The average Bonchev–Trinajstić information content (AvgIpc) is 2.34. The molecule has 0 saturated heterocycles. The molecule has 1 aromatic heterocycles. The first-order valence-electron chi connectivity index (χ1n) is 5.25. The Labute approximate surface area is 123 Å². The molecule has 3 nitrogen and oxygen atoms in total. The zero-order valence-corrected chi connectivity index (χ0v) is 12.6. The van der Waals surface area contributed by atoms with E-state index >= 15 is 0 Å². The minimum absolute atomic E-state index is 0.368. The molecule has 2 rings (SSSR count). The van der Waals surface area contributed by atoms with Gasteiger partial charge in [0.1, 0.15) is 21.2 Å². The van der Waals surface area contributed by atoms with Gasteiger partial charge in [0.05, 0.1) is 5.02 Å². The fourth-order valence-electron chi connectivity index (χ4n) is 1.33. The molecule has 0 aliphatic rings. The summed E-state index contributed by atoms with van der Waals surface area (Å²) in [6, 6.07) is 6.87. The van der Waals surface area contributed by atoms with Crippen LogP contribution < -0.4 is 4.74 Å².